The maximum Gasteiger partial charge on any atom is 0.242 e. The average molecular weight is 291 g/mol. The lowest BCUT2D eigenvalue weighted by atomic mass is 9.86. The molecule has 2 rings (SSSR count). The second-order valence-corrected chi connectivity index (χ2v) is 5.95. The first-order valence-electron chi connectivity index (χ1n) is 7.20. The Hall–Kier alpha value is -0.320. The van der Waals surface area contributed by atoms with E-state index in [1.54, 1.807) is 7.11 Å². The van der Waals surface area contributed by atoms with Crippen LogP contribution in [0.2, 0.25) is 0 Å². The quantitative estimate of drug-likeness (QED) is 0.842. The van der Waals surface area contributed by atoms with Crippen molar-refractivity contribution in [2.24, 2.45) is 11.7 Å². The molecule has 0 aromatic carbocycles. The molecule has 0 aromatic heterocycles. The van der Waals surface area contributed by atoms with Crippen LogP contribution in [-0.2, 0) is 9.53 Å². The van der Waals surface area contributed by atoms with E-state index in [9.17, 15) is 4.79 Å². The zero-order chi connectivity index (χ0) is 13.1. The van der Waals surface area contributed by atoms with Crippen LogP contribution >= 0.6 is 12.4 Å². The predicted molar refractivity (Wildman–Crippen MR) is 78.4 cm³/mol. The first-order valence-corrected chi connectivity index (χ1v) is 7.20. The van der Waals surface area contributed by atoms with Crippen molar-refractivity contribution < 1.29 is 9.53 Å². The Kier molecular flexibility index (Phi) is 6.57. The van der Waals surface area contributed by atoms with E-state index in [1.165, 1.54) is 12.8 Å². The normalized spacial score (nSPS) is 28.4. The molecule has 112 valence electrons. The molecule has 5 heteroatoms. The van der Waals surface area contributed by atoms with E-state index in [1.807, 2.05) is 0 Å². The van der Waals surface area contributed by atoms with Crippen molar-refractivity contribution in [2.45, 2.75) is 63.6 Å². The van der Waals surface area contributed by atoms with Crippen molar-refractivity contribution >= 4 is 18.3 Å². The van der Waals surface area contributed by atoms with E-state index in [4.69, 9.17) is 10.5 Å². The number of carbonyl (C=O) groups is 1. The van der Waals surface area contributed by atoms with Crippen LogP contribution in [0.4, 0.5) is 0 Å². The van der Waals surface area contributed by atoms with E-state index in [0.29, 0.717) is 18.7 Å². The maximum atomic E-state index is 12.4. The number of rotatable bonds is 5. The minimum absolute atomic E-state index is 0. The fraction of sp³-hybridized carbons (Fsp3) is 0.929. The molecule has 4 nitrogen and oxygen atoms in total. The number of amides is 1. The molecule has 2 aliphatic carbocycles. The number of halogens is 1. The maximum absolute atomic E-state index is 12.4. The van der Waals surface area contributed by atoms with E-state index in [-0.39, 0.29) is 18.3 Å². The van der Waals surface area contributed by atoms with Crippen LogP contribution in [0.1, 0.15) is 45.4 Å². The highest BCUT2D eigenvalue weighted by Crippen LogP contribution is 2.35. The molecular formula is C14H27ClN2O2. The summed E-state index contributed by atoms with van der Waals surface area (Å²) in [6.45, 7) is 2.63. The van der Waals surface area contributed by atoms with Crippen LogP contribution in [-0.4, -0.2) is 42.6 Å². The molecule has 1 unspecified atom stereocenters. The Morgan fingerprint density at radius 3 is 2.11 bits per heavy atom. The Balaban J connectivity index is 0.00000180. The third kappa shape index (κ3) is 4.33. The highest BCUT2D eigenvalue weighted by molar-refractivity contribution is 5.85. The van der Waals surface area contributed by atoms with Gasteiger partial charge in [-0.3, -0.25) is 4.79 Å². The summed E-state index contributed by atoms with van der Waals surface area (Å²) < 4.78 is 5.01. The van der Waals surface area contributed by atoms with E-state index in [2.05, 4.69) is 11.8 Å². The molecule has 1 amide bonds. The first kappa shape index (κ1) is 16.7. The predicted octanol–water partition coefficient (Wildman–Crippen LogP) is 1.95. The lowest BCUT2D eigenvalue weighted by Gasteiger charge is -2.37. The highest BCUT2D eigenvalue weighted by Gasteiger charge is 2.39. The van der Waals surface area contributed by atoms with Crippen LogP contribution in [0.25, 0.3) is 0 Å². The zero-order valence-electron chi connectivity index (χ0n) is 12.0. The number of methoxy groups -OCH3 is 1. The molecule has 2 N–H and O–H groups in total. The SMILES string of the molecule is COCC(N)C(=O)N(C1CCC(C)CC1)C1CC1.Cl. The largest absolute Gasteiger partial charge is 0.383 e. The number of nitrogens with two attached hydrogens (primary N) is 1. The molecule has 19 heavy (non-hydrogen) atoms. The van der Waals surface area contributed by atoms with Gasteiger partial charge in [0.25, 0.3) is 0 Å². The summed E-state index contributed by atoms with van der Waals surface area (Å²) in [6.07, 6.45) is 7.06. The Morgan fingerprint density at radius 1 is 1.21 bits per heavy atom. The van der Waals surface area contributed by atoms with Gasteiger partial charge < -0.3 is 15.4 Å². The van der Waals surface area contributed by atoms with E-state index in [0.717, 1.165) is 31.6 Å². The Labute approximate surface area is 122 Å². The zero-order valence-corrected chi connectivity index (χ0v) is 12.8. The monoisotopic (exact) mass is 290 g/mol. The molecule has 0 radical (unpaired) electrons. The van der Waals surface area contributed by atoms with Crippen molar-refractivity contribution in [3.63, 3.8) is 0 Å². The summed E-state index contributed by atoms with van der Waals surface area (Å²) in [7, 11) is 1.59. The molecule has 2 saturated carbocycles. The summed E-state index contributed by atoms with van der Waals surface area (Å²) in [4.78, 5) is 14.5. The second kappa shape index (κ2) is 7.46. The van der Waals surface area contributed by atoms with Gasteiger partial charge in [-0.05, 0) is 44.4 Å². The topological polar surface area (TPSA) is 55.6 Å². The lowest BCUT2D eigenvalue weighted by Crippen LogP contribution is -2.52. The third-order valence-corrected chi connectivity index (χ3v) is 4.24. The van der Waals surface area contributed by atoms with Gasteiger partial charge in [-0.1, -0.05) is 6.92 Å². The summed E-state index contributed by atoms with van der Waals surface area (Å²) in [5, 5.41) is 0. The van der Waals surface area contributed by atoms with Gasteiger partial charge in [-0.2, -0.15) is 0 Å². The molecule has 0 spiro atoms. The molecule has 0 heterocycles. The van der Waals surface area contributed by atoms with Gasteiger partial charge in [0, 0.05) is 19.2 Å². The van der Waals surface area contributed by atoms with Gasteiger partial charge in [0.1, 0.15) is 6.04 Å². The van der Waals surface area contributed by atoms with Crippen molar-refractivity contribution in [3.8, 4) is 0 Å². The van der Waals surface area contributed by atoms with Gasteiger partial charge in [0.15, 0.2) is 0 Å². The molecule has 0 saturated heterocycles. The van der Waals surface area contributed by atoms with Crippen molar-refractivity contribution in [3.05, 3.63) is 0 Å². The Bertz CT molecular complexity index is 289. The van der Waals surface area contributed by atoms with Gasteiger partial charge in [0.05, 0.1) is 6.61 Å². The van der Waals surface area contributed by atoms with Crippen molar-refractivity contribution in [2.75, 3.05) is 13.7 Å². The van der Waals surface area contributed by atoms with Crippen molar-refractivity contribution in [1.29, 1.82) is 0 Å². The number of nitrogens with zero attached hydrogens (tertiary/aromatic N) is 1. The summed E-state index contributed by atoms with van der Waals surface area (Å²) in [6, 6.07) is 0.387. The first-order chi connectivity index (χ1) is 8.63. The summed E-state index contributed by atoms with van der Waals surface area (Å²) in [5.41, 5.74) is 5.91. The minimum atomic E-state index is -0.491. The molecule has 0 aromatic rings. The molecular weight excluding hydrogens is 264 g/mol. The van der Waals surface area contributed by atoms with Gasteiger partial charge in [-0.15, -0.1) is 12.4 Å². The number of ether oxygens (including phenoxy) is 1. The van der Waals surface area contributed by atoms with E-state index >= 15 is 0 Å². The molecule has 1 atom stereocenters. The third-order valence-electron chi connectivity index (χ3n) is 4.24. The van der Waals surface area contributed by atoms with Crippen molar-refractivity contribution in [1.82, 2.24) is 4.90 Å². The number of carbonyl (C=O) groups excluding carboxylic acids is 1. The van der Waals surface area contributed by atoms with Crippen LogP contribution in [0.3, 0.4) is 0 Å². The van der Waals surface area contributed by atoms with Gasteiger partial charge in [0.2, 0.25) is 5.91 Å². The van der Waals surface area contributed by atoms with Crippen LogP contribution in [0.15, 0.2) is 0 Å². The summed E-state index contributed by atoms with van der Waals surface area (Å²) >= 11 is 0. The smallest absolute Gasteiger partial charge is 0.242 e. The fourth-order valence-electron chi connectivity index (χ4n) is 2.97. The van der Waals surface area contributed by atoms with Crippen LogP contribution in [0.5, 0.6) is 0 Å². The number of hydrogen-bond donors (Lipinski definition) is 1. The molecule has 2 aliphatic rings. The van der Waals surface area contributed by atoms with Gasteiger partial charge >= 0.3 is 0 Å². The second-order valence-electron chi connectivity index (χ2n) is 5.95. The minimum Gasteiger partial charge on any atom is -0.383 e. The standard InChI is InChI=1S/C14H26N2O2.ClH/c1-10-3-5-11(6-4-10)16(12-7-8-12)14(17)13(15)9-18-2;/h10-13H,3-9,15H2,1-2H3;1H. The summed E-state index contributed by atoms with van der Waals surface area (Å²) in [5.74, 6) is 0.906. The average Bonchev–Trinajstić information content (AvgIpc) is 3.16. The van der Waals surface area contributed by atoms with Crippen LogP contribution < -0.4 is 5.73 Å². The fourth-order valence-corrected chi connectivity index (χ4v) is 2.97. The number of hydrogen-bond acceptors (Lipinski definition) is 3. The lowest BCUT2D eigenvalue weighted by molar-refractivity contribution is -0.137. The highest BCUT2D eigenvalue weighted by atomic mass is 35.5. The van der Waals surface area contributed by atoms with Crippen LogP contribution in [0, 0.1) is 5.92 Å². The van der Waals surface area contributed by atoms with E-state index < -0.39 is 6.04 Å². The molecule has 2 fully saturated rings. The molecule has 0 bridgehead atoms. The Morgan fingerprint density at radius 2 is 1.68 bits per heavy atom. The van der Waals surface area contributed by atoms with Gasteiger partial charge in [-0.25, -0.2) is 0 Å². The molecule has 0 aliphatic heterocycles.